The Morgan fingerprint density at radius 1 is 1.30 bits per heavy atom. The van der Waals surface area contributed by atoms with Gasteiger partial charge >= 0.3 is 0 Å². The van der Waals surface area contributed by atoms with E-state index in [2.05, 4.69) is 19.2 Å². The summed E-state index contributed by atoms with van der Waals surface area (Å²) in [7, 11) is 0. The fourth-order valence-corrected chi connectivity index (χ4v) is 2.94. The maximum Gasteiger partial charge on any atom is 0.265 e. The van der Waals surface area contributed by atoms with E-state index in [0.717, 1.165) is 0 Å². The standard InChI is InChI=1S/C20H21ClN2O4/c1-13(2)10-23-16-8-7-14(9-18(16)27-12-20(23)25)22-19(24)11-26-17-6-4-3-5-15(17)21/h3-9,13H,10-12H2,1-2H3,(H,22,24). The molecule has 0 atom stereocenters. The van der Waals surface area contributed by atoms with Crippen LogP contribution < -0.4 is 19.7 Å². The lowest BCUT2D eigenvalue weighted by molar-refractivity contribution is -0.121. The van der Waals surface area contributed by atoms with E-state index in [-0.39, 0.29) is 25.0 Å². The van der Waals surface area contributed by atoms with Crippen LogP contribution in [0.15, 0.2) is 42.5 Å². The molecule has 2 aromatic rings. The number of nitrogens with zero attached hydrogens (tertiary/aromatic N) is 1. The van der Waals surface area contributed by atoms with E-state index in [1.54, 1.807) is 47.4 Å². The number of fused-ring (bicyclic) bond motifs is 1. The fourth-order valence-electron chi connectivity index (χ4n) is 2.75. The van der Waals surface area contributed by atoms with Crippen molar-refractivity contribution in [1.29, 1.82) is 0 Å². The molecular weight excluding hydrogens is 368 g/mol. The maximum absolute atomic E-state index is 12.1. The van der Waals surface area contributed by atoms with Crippen LogP contribution >= 0.6 is 11.6 Å². The van der Waals surface area contributed by atoms with Crippen LogP contribution in [0.1, 0.15) is 13.8 Å². The van der Waals surface area contributed by atoms with Crippen LogP contribution in [0.3, 0.4) is 0 Å². The number of carbonyl (C=O) groups is 2. The summed E-state index contributed by atoms with van der Waals surface area (Å²) in [6.07, 6.45) is 0. The Balaban J connectivity index is 1.65. The van der Waals surface area contributed by atoms with Crippen molar-refractivity contribution in [3.8, 4) is 11.5 Å². The Bertz CT molecular complexity index is 854. The Morgan fingerprint density at radius 2 is 2.07 bits per heavy atom. The van der Waals surface area contributed by atoms with Crippen LogP contribution in [0.25, 0.3) is 0 Å². The zero-order chi connectivity index (χ0) is 19.4. The minimum Gasteiger partial charge on any atom is -0.482 e. The molecule has 7 heteroatoms. The Labute approximate surface area is 163 Å². The number of carbonyl (C=O) groups excluding carboxylic acids is 2. The number of ether oxygens (including phenoxy) is 2. The van der Waals surface area contributed by atoms with Crippen molar-refractivity contribution in [2.24, 2.45) is 5.92 Å². The van der Waals surface area contributed by atoms with Crippen molar-refractivity contribution in [2.45, 2.75) is 13.8 Å². The topological polar surface area (TPSA) is 67.9 Å². The van der Waals surface area contributed by atoms with Gasteiger partial charge in [-0.15, -0.1) is 0 Å². The third kappa shape index (κ3) is 4.71. The molecule has 0 aliphatic carbocycles. The second-order valence-corrected chi connectivity index (χ2v) is 7.04. The van der Waals surface area contributed by atoms with Crippen LogP contribution in [-0.4, -0.2) is 31.6 Å². The summed E-state index contributed by atoms with van der Waals surface area (Å²) in [4.78, 5) is 26.0. The average Bonchev–Trinajstić information content (AvgIpc) is 2.63. The first-order valence-corrected chi connectivity index (χ1v) is 9.06. The van der Waals surface area contributed by atoms with Crippen molar-refractivity contribution in [2.75, 3.05) is 30.0 Å². The van der Waals surface area contributed by atoms with Crippen LogP contribution in [-0.2, 0) is 9.59 Å². The van der Waals surface area contributed by atoms with E-state index in [9.17, 15) is 9.59 Å². The van der Waals surface area contributed by atoms with E-state index >= 15 is 0 Å². The molecule has 6 nitrogen and oxygen atoms in total. The predicted octanol–water partition coefficient (Wildman–Crippen LogP) is 3.74. The summed E-state index contributed by atoms with van der Waals surface area (Å²) in [5, 5.41) is 3.20. The second-order valence-electron chi connectivity index (χ2n) is 6.64. The Morgan fingerprint density at radius 3 is 2.81 bits per heavy atom. The molecular formula is C20H21ClN2O4. The molecule has 142 valence electrons. The van der Waals surface area contributed by atoms with Gasteiger partial charge < -0.3 is 19.7 Å². The molecule has 1 aliphatic rings. The van der Waals surface area contributed by atoms with Gasteiger partial charge in [-0.25, -0.2) is 0 Å². The van der Waals surface area contributed by atoms with E-state index in [4.69, 9.17) is 21.1 Å². The zero-order valence-corrected chi connectivity index (χ0v) is 16.0. The second kappa shape index (κ2) is 8.31. The molecule has 27 heavy (non-hydrogen) atoms. The molecule has 1 aliphatic heterocycles. The van der Waals surface area contributed by atoms with Crippen LogP contribution in [0, 0.1) is 5.92 Å². The highest BCUT2D eigenvalue weighted by Gasteiger charge is 2.26. The van der Waals surface area contributed by atoms with Gasteiger partial charge in [-0.2, -0.15) is 0 Å². The lowest BCUT2D eigenvalue weighted by Gasteiger charge is -2.31. The number of nitrogens with one attached hydrogen (secondary N) is 1. The number of benzene rings is 2. The monoisotopic (exact) mass is 388 g/mol. The zero-order valence-electron chi connectivity index (χ0n) is 15.2. The van der Waals surface area contributed by atoms with Crippen molar-refractivity contribution in [3.05, 3.63) is 47.5 Å². The van der Waals surface area contributed by atoms with Gasteiger partial charge in [0.15, 0.2) is 13.2 Å². The number of hydrogen-bond donors (Lipinski definition) is 1. The summed E-state index contributed by atoms with van der Waals surface area (Å²) < 4.78 is 11.0. The molecule has 1 heterocycles. The molecule has 0 bridgehead atoms. The molecule has 0 saturated heterocycles. The SMILES string of the molecule is CC(C)CN1C(=O)COc2cc(NC(=O)COc3ccccc3Cl)ccc21. The van der Waals surface area contributed by atoms with Gasteiger partial charge in [-0.1, -0.05) is 37.6 Å². The van der Waals surface area contributed by atoms with E-state index in [1.807, 2.05) is 0 Å². The smallest absolute Gasteiger partial charge is 0.265 e. The molecule has 2 amide bonds. The first-order chi connectivity index (χ1) is 12.9. The van der Waals surface area contributed by atoms with Crippen LogP contribution in [0.4, 0.5) is 11.4 Å². The summed E-state index contributed by atoms with van der Waals surface area (Å²) in [6, 6.07) is 12.2. The van der Waals surface area contributed by atoms with Gasteiger partial charge in [0.25, 0.3) is 11.8 Å². The first-order valence-electron chi connectivity index (χ1n) is 8.68. The molecule has 0 unspecified atom stereocenters. The number of hydrogen-bond acceptors (Lipinski definition) is 4. The van der Waals surface area contributed by atoms with Gasteiger partial charge in [0.05, 0.1) is 10.7 Å². The van der Waals surface area contributed by atoms with E-state index in [0.29, 0.717) is 40.4 Å². The minimum atomic E-state index is -0.319. The largest absolute Gasteiger partial charge is 0.482 e. The summed E-state index contributed by atoms with van der Waals surface area (Å²) >= 11 is 6.00. The van der Waals surface area contributed by atoms with E-state index in [1.165, 1.54) is 0 Å². The van der Waals surface area contributed by atoms with Gasteiger partial charge in [0.1, 0.15) is 11.5 Å². The third-order valence-electron chi connectivity index (χ3n) is 3.93. The summed E-state index contributed by atoms with van der Waals surface area (Å²) in [5.41, 5.74) is 1.28. The predicted molar refractivity (Wildman–Crippen MR) is 105 cm³/mol. The normalized spacial score (nSPS) is 13.2. The highest BCUT2D eigenvalue weighted by molar-refractivity contribution is 6.32. The molecule has 0 saturated carbocycles. The molecule has 0 radical (unpaired) electrons. The maximum atomic E-state index is 12.1. The molecule has 0 fully saturated rings. The van der Waals surface area contributed by atoms with Crippen molar-refractivity contribution in [1.82, 2.24) is 0 Å². The van der Waals surface area contributed by atoms with Crippen molar-refractivity contribution < 1.29 is 19.1 Å². The molecule has 0 spiro atoms. The van der Waals surface area contributed by atoms with Crippen LogP contribution in [0.2, 0.25) is 5.02 Å². The highest BCUT2D eigenvalue weighted by atomic mass is 35.5. The molecule has 2 aromatic carbocycles. The lowest BCUT2D eigenvalue weighted by Crippen LogP contribution is -2.40. The van der Waals surface area contributed by atoms with Crippen molar-refractivity contribution >= 4 is 34.8 Å². The minimum absolute atomic E-state index is 0.00721. The fraction of sp³-hybridized carbons (Fsp3) is 0.300. The molecule has 0 aromatic heterocycles. The molecule has 3 rings (SSSR count). The number of rotatable bonds is 6. The number of halogens is 1. The first kappa shape index (κ1) is 19.0. The van der Waals surface area contributed by atoms with Gasteiger partial charge in [0.2, 0.25) is 0 Å². The highest BCUT2D eigenvalue weighted by Crippen LogP contribution is 2.35. The summed E-state index contributed by atoms with van der Waals surface area (Å²) in [5.74, 6) is 0.967. The van der Waals surface area contributed by atoms with Gasteiger partial charge in [-0.05, 0) is 30.2 Å². The summed E-state index contributed by atoms with van der Waals surface area (Å²) in [6.45, 7) is 4.55. The Hall–Kier alpha value is -2.73. The number of anilines is 2. The number of para-hydroxylation sites is 1. The van der Waals surface area contributed by atoms with Crippen molar-refractivity contribution in [3.63, 3.8) is 0 Å². The van der Waals surface area contributed by atoms with Crippen LogP contribution in [0.5, 0.6) is 11.5 Å². The Kier molecular flexibility index (Phi) is 5.86. The lowest BCUT2D eigenvalue weighted by atomic mass is 10.1. The third-order valence-corrected chi connectivity index (χ3v) is 4.24. The van der Waals surface area contributed by atoms with Gasteiger partial charge in [-0.3, -0.25) is 9.59 Å². The van der Waals surface area contributed by atoms with Gasteiger partial charge in [0, 0.05) is 18.3 Å². The van der Waals surface area contributed by atoms with E-state index < -0.39 is 0 Å². The molecule has 1 N–H and O–H groups in total. The average molecular weight is 389 g/mol. The quantitative estimate of drug-likeness (QED) is 0.818. The number of amides is 2.